The second-order valence-corrected chi connectivity index (χ2v) is 6.82. The molecule has 3 rings (SSSR count). The second-order valence-electron chi connectivity index (χ2n) is 6.82. The number of hydrogen-bond acceptors (Lipinski definition) is 3. The molecule has 0 saturated carbocycles. The maximum atomic E-state index is 11.7. The Morgan fingerprint density at radius 2 is 1.64 bits per heavy atom. The van der Waals surface area contributed by atoms with Gasteiger partial charge in [-0.3, -0.25) is 9.69 Å². The summed E-state index contributed by atoms with van der Waals surface area (Å²) in [4.78, 5) is 16.7. The van der Waals surface area contributed by atoms with Gasteiger partial charge in [-0.25, -0.2) is 0 Å². The number of carbonyl (C=O) groups is 1. The Hall–Kier alpha value is -2.17. The van der Waals surface area contributed by atoms with E-state index in [-0.39, 0.29) is 5.91 Å². The maximum absolute atomic E-state index is 11.7. The molecule has 2 aromatic rings. The van der Waals surface area contributed by atoms with Gasteiger partial charge in [0.05, 0.1) is 0 Å². The first-order chi connectivity index (χ1) is 12.1. The summed E-state index contributed by atoms with van der Waals surface area (Å²) in [6, 6.07) is 14.3. The highest BCUT2D eigenvalue weighted by molar-refractivity contribution is 6.00. The number of rotatable bonds is 5. The fourth-order valence-electron chi connectivity index (χ4n) is 3.42. The molecule has 2 aromatic carbocycles. The van der Waals surface area contributed by atoms with E-state index in [0.717, 1.165) is 56.0 Å². The van der Waals surface area contributed by atoms with Gasteiger partial charge in [0.15, 0.2) is 0 Å². The fourth-order valence-corrected chi connectivity index (χ4v) is 3.42. The Morgan fingerprint density at radius 1 is 1.00 bits per heavy atom. The highest BCUT2D eigenvalue weighted by Gasteiger charge is 2.16. The number of primary amides is 1. The molecule has 0 bridgehead atoms. The fraction of sp³-hybridized carbons (Fsp3) is 0.381. The maximum Gasteiger partial charge on any atom is 0.249 e. The third kappa shape index (κ3) is 4.27. The van der Waals surface area contributed by atoms with Gasteiger partial charge in [0.25, 0.3) is 0 Å². The Balaban J connectivity index is 1.73. The van der Waals surface area contributed by atoms with Crippen LogP contribution in [0.5, 0.6) is 0 Å². The van der Waals surface area contributed by atoms with Gasteiger partial charge in [-0.2, -0.15) is 0 Å². The van der Waals surface area contributed by atoms with Crippen molar-refractivity contribution in [3.63, 3.8) is 0 Å². The van der Waals surface area contributed by atoms with Crippen LogP contribution in [-0.4, -0.2) is 48.4 Å². The van der Waals surface area contributed by atoms with Gasteiger partial charge >= 0.3 is 0 Å². The van der Waals surface area contributed by atoms with E-state index in [1.54, 1.807) is 0 Å². The van der Waals surface area contributed by atoms with Crippen molar-refractivity contribution in [3.05, 3.63) is 59.2 Å². The number of hydrogen-bond donors (Lipinski definition) is 1. The summed E-state index contributed by atoms with van der Waals surface area (Å²) in [5.41, 5.74) is 10.5. The van der Waals surface area contributed by atoms with Crippen molar-refractivity contribution in [1.29, 1.82) is 0 Å². The molecule has 25 heavy (non-hydrogen) atoms. The molecule has 0 aliphatic carbocycles. The van der Waals surface area contributed by atoms with Crippen molar-refractivity contribution >= 4 is 5.91 Å². The standard InChI is InChI=1S/C21H27N3O/c1-3-23-10-12-24(13-11-23)15-17-5-7-18(8-6-17)20-14-16(2)4-9-19(20)21(22)25/h4-9,14H,3,10-13,15H2,1-2H3,(H2,22,25). The van der Waals surface area contributed by atoms with Crippen LogP contribution in [0.1, 0.15) is 28.4 Å². The normalized spacial score (nSPS) is 16.1. The molecule has 0 aromatic heterocycles. The first-order valence-electron chi connectivity index (χ1n) is 9.01. The van der Waals surface area contributed by atoms with Gasteiger partial charge < -0.3 is 10.6 Å². The molecule has 1 amide bonds. The predicted octanol–water partition coefficient (Wildman–Crippen LogP) is 2.90. The van der Waals surface area contributed by atoms with E-state index >= 15 is 0 Å². The van der Waals surface area contributed by atoms with Crippen molar-refractivity contribution in [2.24, 2.45) is 5.73 Å². The van der Waals surface area contributed by atoms with Crippen molar-refractivity contribution in [2.45, 2.75) is 20.4 Å². The molecule has 4 nitrogen and oxygen atoms in total. The minimum atomic E-state index is -0.382. The van der Waals surface area contributed by atoms with Crippen LogP contribution in [0.4, 0.5) is 0 Å². The van der Waals surface area contributed by atoms with Gasteiger partial charge in [-0.15, -0.1) is 0 Å². The van der Waals surface area contributed by atoms with Crippen LogP contribution in [0.3, 0.4) is 0 Å². The SMILES string of the molecule is CCN1CCN(Cc2ccc(-c3cc(C)ccc3C(N)=O)cc2)CC1. The molecule has 1 aliphatic heterocycles. The lowest BCUT2D eigenvalue weighted by atomic mass is 9.96. The van der Waals surface area contributed by atoms with Crippen molar-refractivity contribution in [2.75, 3.05) is 32.7 Å². The molecule has 0 atom stereocenters. The minimum Gasteiger partial charge on any atom is -0.366 e. The molecule has 2 N–H and O–H groups in total. The molecular weight excluding hydrogens is 310 g/mol. The number of piperazine rings is 1. The van der Waals surface area contributed by atoms with Crippen LogP contribution in [0.25, 0.3) is 11.1 Å². The van der Waals surface area contributed by atoms with Gasteiger partial charge in [0.2, 0.25) is 5.91 Å². The average molecular weight is 337 g/mol. The van der Waals surface area contributed by atoms with Crippen LogP contribution in [-0.2, 0) is 6.54 Å². The number of aryl methyl sites for hydroxylation is 1. The molecule has 0 spiro atoms. The van der Waals surface area contributed by atoms with Gasteiger partial charge in [-0.1, -0.05) is 48.9 Å². The van der Waals surface area contributed by atoms with E-state index in [0.29, 0.717) is 5.56 Å². The molecule has 1 aliphatic rings. The van der Waals surface area contributed by atoms with Crippen LogP contribution >= 0.6 is 0 Å². The number of nitrogens with two attached hydrogens (primary N) is 1. The molecule has 0 radical (unpaired) electrons. The van der Waals surface area contributed by atoms with Crippen molar-refractivity contribution < 1.29 is 4.79 Å². The first-order valence-corrected chi connectivity index (χ1v) is 9.01. The molecule has 0 unspecified atom stereocenters. The number of benzene rings is 2. The number of nitrogens with zero attached hydrogens (tertiary/aromatic N) is 2. The summed E-state index contributed by atoms with van der Waals surface area (Å²) < 4.78 is 0. The predicted molar refractivity (Wildman–Crippen MR) is 103 cm³/mol. The van der Waals surface area contributed by atoms with E-state index in [1.165, 1.54) is 5.56 Å². The minimum absolute atomic E-state index is 0.382. The van der Waals surface area contributed by atoms with Crippen LogP contribution < -0.4 is 5.73 Å². The number of likely N-dealkylation sites (N-methyl/N-ethyl adjacent to an activating group) is 1. The highest BCUT2D eigenvalue weighted by Crippen LogP contribution is 2.25. The molecular formula is C21H27N3O. The van der Waals surface area contributed by atoms with Crippen LogP contribution in [0.2, 0.25) is 0 Å². The molecule has 1 heterocycles. The van der Waals surface area contributed by atoms with Gasteiger partial charge in [0.1, 0.15) is 0 Å². The molecule has 4 heteroatoms. The Labute approximate surface area is 150 Å². The summed E-state index contributed by atoms with van der Waals surface area (Å²) in [6.45, 7) is 10.9. The smallest absolute Gasteiger partial charge is 0.249 e. The van der Waals surface area contributed by atoms with Gasteiger partial charge in [-0.05, 0) is 36.2 Å². The Kier molecular flexibility index (Phi) is 5.51. The Morgan fingerprint density at radius 3 is 2.24 bits per heavy atom. The quantitative estimate of drug-likeness (QED) is 0.913. The monoisotopic (exact) mass is 337 g/mol. The number of carbonyl (C=O) groups excluding carboxylic acids is 1. The summed E-state index contributed by atoms with van der Waals surface area (Å²) in [7, 11) is 0. The topological polar surface area (TPSA) is 49.6 Å². The lowest BCUT2D eigenvalue weighted by Gasteiger charge is -2.34. The lowest BCUT2D eigenvalue weighted by Crippen LogP contribution is -2.45. The molecule has 1 saturated heterocycles. The van der Waals surface area contributed by atoms with Crippen LogP contribution in [0, 0.1) is 6.92 Å². The molecule has 1 fully saturated rings. The third-order valence-corrected chi connectivity index (χ3v) is 5.02. The van der Waals surface area contributed by atoms with E-state index < -0.39 is 0 Å². The Bertz CT molecular complexity index is 731. The summed E-state index contributed by atoms with van der Waals surface area (Å²) in [5, 5.41) is 0. The summed E-state index contributed by atoms with van der Waals surface area (Å²) in [5.74, 6) is -0.382. The van der Waals surface area contributed by atoms with E-state index in [2.05, 4.69) is 41.0 Å². The zero-order valence-corrected chi connectivity index (χ0v) is 15.2. The van der Waals surface area contributed by atoms with Gasteiger partial charge in [0, 0.05) is 38.3 Å². The first kappa shape index (κ1) is 17.6. The van der Waals surface area contributed by atoms with E-state index in [1.807, 2.05) is 25.1 Å². The third-order valence-electron chi connectivity index (χ3n) is 5.02. The summed E-state index contributed by atoms with van der Waals surface area (Å²) >= 11 is 0. The van der Waals surface area contributed by atoms with E-state index in [4.69, 9.17) is 5.73 Å². The highest BCUT2D eigenvalue weighted by atomic mass is 16.1. The average Bonchev–Trinajstić information content (AvgIpc) is 2.62. The largest absolute Gasteiger partial charge is 0.366 e. The summed E-state index contributed by atoms with van der Waals surface area (Å²) in [6.07, 6.45) is 0. The van der Waals surface area contributed by atoms with Crippen LogP contribution in [0.15, 0.2) is 42.5 Å². The lowest BCUT2D eigenvalue weighted by molar-refractivity contribution is 0.100. The van der Waals surface area contributed by atoms with E-state index in [9.17, 15) is 4.79 Å². The van der Waals surface area contributed by atoms with Crippen molar-refractivity contribution in [3.8, 4) is 11.1 Å². The zero-order valence-electron chi connectivity index (χ0n) is 15.2. The zero-order chi connectivity index (χ0) is 17.8. The number of amides is 1. The molecule has 132 valence electrons. The second kappa shape index (κ2) is 7.81. The van der Waals surface area contributed by atoms with Crippen molar-refractivity contribution in [1.82, 2.24) is 9.80 Å².